The van der Waals surface area contributed by atoms with E-state index in [2.05, 4.69) is 15.0 Å². The van der Waals surface area contributed by atoms with Crippen molar-refractivity contribution in [1.82, 2.24) is 19.5 Å². The average molecular weight is 295 g/mol. The zero-order valence-corrected chi connectivity index (χ0v) is 11.7. The fourth-order valence-corrected chi connectivity index (χ4v) is 2.39. The maximum Gasteiger partial charge on any atom is 0.167 e. The minimum atomic E-state index is -1.28. The number of hydrogen-bond acceptors (Lipinski definition) is 8. The Hall–Kier alpha value is -1.81. The van der Waals surface area contributed by atoms with E-state index in [-0.39, 0.29) is 6.61 Å². The minimum Gasteiger partial charge on any atom is -0.388 e. The van der Waals surface area contributed by atoms with E-state index >= 15 is 0 Å². The van der Waals surface area contributed by atoms with Gasteiger partial charge in [0.05, 0.1) is 12.9 Å². The maximum absolute atomic E-state index is 10.1. The van der Waals surface area contributed by atoms with Gasteiger partial charge in [0.1, 0.15) is 24.6 Å². The first kappa shape index (κ1) is 14.1. The Balaban J connectivity index is 2.04. The summed E-state index contributed by atoms with van der Waals surface area (Å²) in [5, 5.41) is 29.4. The van der Waals surface area contributed by atoms with Gasteiger partial charge in [0.15, 0.2) is 23.2 Å². The van der Waals surface area contributed by atoms with Crippen molar-refractivity contribution in [3.63, 3.8) is 0 Å². The van der Waals surface area contributed by atoms with Crippen LogP contribution in [-0.4, -0.2) is 73.9 Å². The molecule has 1 aliphatic rings. The van der Waals surface area contributed by atoms with E-state index in [4.69, 9.17) is 4.74 Å². The number of rotatable bonds is 2. The van der Waals surface area contributed by atoms with Crippen LogP contribution in [0.15, 0.2) is 12.7 Å². The summed E-state index contributed by atoms with van der Waals surface area (Å²) in [5.41, 5.74) is 1.06. The van der Waals surface area contributed by atoms with Gasteiger partial charge in [0.25, 0.3) is 0 Å². The molecule has 0 saturated carbocycles. The van der Waals surface area contributed by atoms with E-state index < -0.39 is 24.5 Å². The van der Waals surface area contributed by atoms with Crippen LogP contribution in [0.1, 0.15) is 6.23 Å². The molecule has 3 heterocycles. The standard InChI is InChI=1S/C12H17N5O4/c1-16(2)10-7-11(14-4-13-10)17(5-15-7)12-9(20)8(19)6(18)3-21-12/h4-6,8-9,12,18-20H,3H2,1-2H3/t6-,8-,9-,12-/m1/s1. The molecule has 0 aliphatic carbocycles. The number of anilines is 1. The van der Waals surface area contributed by atoms with Gasteiger partial charge >= 0.3 is 0 Å². The van der Waals surface area contributed by atoms with Crippen LogP contribution >= 0.6 is 0 Å². The Morgan fingerprint density at radius 3 is 2.67 bits per heavy atom. The number of nitrogens with zero attached hydrogens (tertiary/aromatic N) is 5. The second-order valence-electron chi connectivity index (χ2n) is 5.19. The quantitative estimate of drug-likeness (QED) is 0.613. The summed E-state index contributed by atoms with van der Waals surface area (Å²) in [5.74, 6) is 0.643. The van der Waals surface area contributed by atoms with Crippen molar-refractivity contribution in [1.29, 1.82) is 0 Å². The first-order valence-corrected chi connectivity index (χ1v) is 6.51. The van der Waals surface area contributed by atoms with Crippen LogP contribution in [0.4, 0.5) is 5.82 Å². The molecule has 0 unspecified atom stereocenters. The number of aliphatic hydroxyl groups excluding tert-OH is 3. The molecule has 2 aromatic rings. The molecule has 9 nitrogen and oxygen atoms in total. The molecule has 1 aliphatic heterocycles. The summed E-state index contributed by atoms with van der Waals surface area (Å²) >= 11 is 0. The van der Waals surface area contributed by atoms with Gasteiger partial charge in [0, 0.05) is 14.1 Å². The van der Waals surface area contributed by atoms with E-state index in [1.165, 1.54) is 17.2 Å². The van der Waals surface area contributed by atoms with Crippen molar-refractivity contribution in [3.05, 3.63) is 12.7 Å². The van der Waals surface area contributed by atoms with E-state index in [1.54, 1.807) is 4.90 Å². The lowest BCUT2D eigenvalue weighted by Gasteiger charge is -2.35. The highest BCUT2D eigenvalue weighted by Gasteiger charge is 2.39. The molecule has 4 atom stereocenters. The number of hydrogen-bond donors (Lipinski definition) is 3. The van der Waals surface area contributed by atoms with Gasteiger partial charge in [-0.25, -0.2) is 15.0 Å². The molecule has 9 heteroatoms. The van der Waals surface area contributed by atoms with Gasteiger partial charge in [-0.15, -0.1) is 0 Å². The number of imidazole rings is 1. The lowest BCUT2D eigenvalue weighted by molar-refractivity contribution is -0.210. The van der Waals surface area contributed by atoms with Crippen molar-refractivity contribution in [2.45, 2.75) is 24.5 Å². The van der Waals surface area contributed by atoms with Crippen LogP contribution < -0.4 is 4.90 Å². The highest BCUT2D eigenvalue weighted by molar-refractivity contribution is 5.83. The third-order valence-corrected chi connectivity index (χ3v) is 3.51. The highest BCUT2D eigenvalue weighted by atomic mass is 16.5. The Kier molecular flexibility index (Phi) is 3.49. The van der Waals surface area contributed by atoms with E-state index in [0.29, 0.717) is 17.0 Å². The van der Waals surface area contributed by atoms with Crippen LogP contribution in [0.5, 0.6) is 0 Å². The van der Waals surface area contributed by atoms with Crippen molar-refractivity contribution in [3.8, 4) is 0 Å². The lowest BCUT2D eigenvalue weighted by atomic mass is 10.0. The number of ether oxygens (including phenoxy) is 1. The summed E-state index contributed by atoms with van der Waals surface area (Å²) in [6, 6.07) is 0. The molecule has 114 valence electrons. The SMILES string of the molecule is CN(C)c1ncnc2c1ncn2[C@@H]1OC[C@@H](O)[C@@H](O)[C@H]1O. The zero-order chi connectivity index (χ0) is 15.1. The molecule has 0 aromatic carbocycles. The molecule has 0 amide bonds. The van der Waals surface area contributed by atoms with Crippen LogP contribution in [0.3, 0.4) is 0 Å². The van der Waals surface area contributed by atoms with Crippen molar-refractivity contribution >= 4 is 17.0 Å². The van der Waals surface area contributed by atoms with Crippen LogP contribution in [-0.2, 0) is 4.74 Å². The molecule has 21 heavy (non-hydrogen) atoms. The van der Waals surface area contributed by atoms with Crippen LogP contribution in [0.2, 0.25) is 0 Å². The van der Waals surface area contributed by atoms with Crippen LogP contribution in [0.25, 0.3) is 11.2 Å². The first-order valence-electron chi connectivity index (χ1n) is 6.51. The third-order valence-electron chi connectivity index (χ3n) is 3.51. The van der Waals surface area contributed by atoms with Gasteiger partial charge in [-0.3, -0.25) is 4.57 Å². The average Bonchev–Trinajstić information content (AvgIpc) is 2.88. The van der Waals surface area contributed by atoms with E-state index in [9.17, 15) is 15.3 Å². The fraction of sp³-hybridized carbons (Fsp3) is 0.583. The molecule has 3 rings (SSSR count). The van der Waals surface area contributed by atoms with Gasteiger partial charge in [-0.2, -0.15) is 0 Å². The summed E-state index contributed by atoms with van der Waals surface area (Å²) in [6.07, 6.45) is -1.65. The molecule has 3 N–H and O–H groups in total. The first-order chi connectivity index (χ1) is 10.0. The highest BCUT2D eigenvalue weighted by Crippen LogP contribution is 2.28. The van der Waals surface area contributed by atoms with Gasteiger partial charge in [-0.05, 0) is 0 Å². The van der Waals surface area contributed by atoms with Gasteiger partial charge in [0.2, 0.25) is 0 Å². The summed E-state index contributed by atoms with van der Waals surface area (Å²) in [6.45, 7) is -0.0752. The Morgan fingerprint density at radius 1 is 1.19 bits per heavy atom. The molecule has 0 radical (unpaired) electrons. The third kappa shape index (κ3) is 2.23. The smallest absolute Gasteiger partial charge is 0.167 e. The second kappa shape index (κ2) is 5.19. The molecule has 2 aromatic heterocycles. The van der Waals surface area contributed by atoms with Crippen molar-refractivity contribution in [2.24, 2.45) is 0 Å². The number of aliphatic hydroxyl groups is 3. The normalized spacial score (nSPS) is 29.8. The number of aromatic nitrogens is 4. The van der Waals surface area contributed by atoms with Gasteiger partial charge < -0.3 is 25.0 Å². The lowest BCUT2D eigenvalue weighted by Crippen LogP contribution is -2.50. The molecular formula is C12H17N5O4. The predicted molar refractivity (Wildman–Crippen MR) is 72.7 cm³/mol. The predicted octanol–water partition coefficient (Wildman–Crippen LogP) is -1.50. The maximum atomic E-state index is 10.1. The molecule has 1 fully saturated rings. The molecule has 1 saturated heterocycles. The summed E-state index contributed by atoms with van der Waals surface area (Å²) < 4.78 is 6.95. The minimum absolute atomic E-state index is 0.0752. The van der Waals surface area contributed by atoms with E-state index in [0.717, 1.165) is 0 Å². The Bertz CT molecular complexity index is 646. The number of fused-ring (bicyclic) bond motifs is 1. The molecule has 0 spiro atoms. The zero-order valence-electron chi connectivity index (χ0n) is 11.7. The molecule has 0 bridgehead atoms. The largest absolute Gasteiger partial charge is 0.388 e. The molecular weight excluding hydrogens is 278 g/mol. The summed E-state index contributed by atoms with van der Waals surface area (Å²) in [7, 11) is 3.68. The van der Waals surface area contributed by atoms with Gasteiger partial charge in [-0.1, -0.05) is 0 Å². The summed E-state index contributed by atoms with van der Waals surface area (Å²) in [4.78, 5) is 14.4. The van der Waals surface area contributed by atoms with Crippen LogP contribution in [0, 0.1) is 0 Å². The van der Waals surface area contributed by atoms with Crippen molar-refractivity contribution < 1.29 is 20.1 Å². The Labute approximate surface area is 120 Å². The monoisotopic (exact) mass is 295 g/mol. The van der Waals surface area contributed by atoms with E-state index in [1.807, 2.05) is 14.1 Å². The van der Waals surface area contributed by atoms with Crippen molar-refractivity contribution in [2.75, 3.05) is 25.6 Å². The topological polar surface area (TPSA) is 117 Å². The Morgan fingerprint density at radius 2 is 1.95 bits per heavy atom. The second-order valence-corrected chi connectivity index (χ2v) is 5.19. The fourth-order valence-electron chi connectivity index (χ4n) is 2.39.